The summed E-state index contributed by atoms with van der Waals surface area (Å²) in [6.45, 7) is -0.623. The van der Waals surface area contributed by atoms with Crippen molar-refractivity contribution in [1.29, 1.82) is 0 Å². The maximum atomic E-state index is 12.7. The van der Waals surface area contributed by atoms with E-state index in [9.17, 15) is 18.4 Å². The zero-order chi connectivity index (χ0) is 12.1. The number of ether oxygens (including phenoxy) is 1. The van der Waals surface area contributed by atoms with E-state index < -0.39 is 30.2 Å². The molecule has 0 radical (unpaired) electrons. The van der Waals surface area contributed by atoms with E-state index in [4.69, 9.17) is 5.11 Å². The highest BCUT2D eigenvalue weighted by molar-refractivity contribution is 5.77. The standard InChI is InChI=1S/C9H7F2NO4/c10-6-2-1-5(3-7(6)11)16-9(15)12-4-8(13)14/h1-3H,4H2,(H,12,15)(H,13,14). The molecule has 0 aromatic heterocycles. The van der Waals surface area contributed by atoms with Crippen LogP contribution in [0.3, 0.4) is 0 Å². The molecule has 0 saturated heterocycles. The second-order valence-corrected chi connectivity index (χ2v) is 2.71. The van der Waals surface area contributed by atoms with Crippen molar-refractivity contribution < 1.29 is 28.2 Å². The predicted octanol–water partition coefficient (Wildman–Crippen LogP) is 1.14. The van der Waals surface area contributed by atoms with Crippen LogP contribution < -0.4 is 10.1 Å². The maximum absolute atomic E-state index is 12.7. The lowest BCUT2D eigenvalue weighted by molar-refractivity contribution is -0.135. The minimum atomic E-state index is -1.25. The maximum Gasteiger partial charge on any atom is 0.413 e. The van der Waals surface area contributed by atoms with E-state index in [2.05, 4.69) is 4.74 Å². The molecule has 0 aliphatic carbocycles. The van der Waals surface area contributed by atoms with Gasteiger partial charge in [-0.2, -0.15) is 0 Å². The number of carbonyl (C=O) groups excluding carboxylic acids is 1. The quantitative estimate of drug-likeness (QED) is 0.817. The normalized spacial score (nSPS) is 9.62. The molecule has 0 atom stereocenters. The Kier molecular flexibility index (Phi) is 3.76. The van der Waals surface area contributed by atoms with Crippen molar-refractivity contribution >= 4 is 12.1 Å². The Morgan fingerprint density at radius 2 is 2.00 bits per heavy atom. The van der Waals surface area contributed by atoms with Gasteiger partial charge in [-0.25, -0.2) is 13.6 Å². The van der Waals surface area contributed by atoms with Gasteiger partial charge in [0.05, 0.1) is 0 Å². The molecule has 0 fully saturated rings. The lowest BCUT2D eigenvalue weighted by atomic mass is 10.3. The molecule has 2 N–H and O–H groups in total. The first-order valence-corrected chi connectivity index (χ1v) is 4.11. The Morgan fingerprint density at radius 1 is 1.31 bits per heavy atom. The average molecular weight is 231 g/mol. The van der Waals surface area contributed by atoms with Gasteiger partial charge in [0.15, 0.2) is 11.6 Å². The van der Waals surface area contributed by atoms with Crippen LogP contribution in [0.4, 0.5) is 13.6 Å². The molecular weight excluding hydrogens is 224 g/mol. The fraction of sp³-hybridized carbons (Fsp3) is 0.111. The summed E-state index contributed by atoms with van der Waals surface area (Å²) in [6.07, 6.45) is -1.06. The van der Waals surface area contributed by atoms with Crippen LogP contribution in [0.5, 0.6) is 5.75 Å². The molecule has 0 spiro atoms. The van der Waals surface area contributed by atoms with Gasteiger partial charge in [0.1, 0.15) is 12.3 Å². The Balaban J connectivity index is 2.56. The minimum absolute atomic E-state index is 0.221. The van der Waals surface area contributed by atoms with Crippen molar-refractivity contribution in [3.63, 3.8) is 0 Å². The molecule has 0 unspecified atom stereocenters. The van der Waals surface area contributed by atoms with E-state index in [1.807, 2.05) is 5.32 Å². The van der Waals surface area contributed by atoms with E-state index in [1.165, 1.54) is 0 Å². The van der Waals surface area contributed by atoms with Crippen molar-refractivity contribution in [3.8, 4) is 5.75 Å². The molecule has 7 heteroatoms. The van der Waals surface area contributed by atoms with Crippen LogP contribution in [0.15, 0.2) is 18.2 Å². The molecular formula is C9H7F2NO4. The number of amides is 1. The van der Waals surface area contributed by atoms with Crippen LogP contribution in [0.25, 0.3) is 0 Å². The zero-order valence-electron chi connectivity index (χ0n) is 7.87. The SMILES string of the molecule is O=C(O)CNC(=O)Oc1ccc(F)c(F)c1. The second kappa shape index (κ2) is 5.06. The lowest BCUT2D eigenvalue weighted by Gasteiger charge is -2.04. The molecule has 1 amide bonds. The second-order valence-electron chi connectivity index (χ2n) is 2.71. The first-order chi connectivity index (χ1) is 7.49. The first kappa shape index (κ1) is 11.9. The fourth-order valence-corrected chi connectivity index (χ4v) is 0.831. The topological polar surface area (TPSA) is 75.6 Å². The van der Waals surface area contributed by atoms with Gasteiger partial charge < -0.3 is 15.2 Å². The summed E-state index contributed by atoms with van der Waals surface area (Å²) in [7, 11) is 0. The van der Waals surface area contributed by atoms with Gasteiger partial charge in [0.25, 0.3) is 0 Å². The summed E-state index contributed by atoms with van der Waals surface area (Å²) in [5, 5.41) is 10.1. The van der Waals surface area contributed by atoms with Crippen molar-refractivity contribution in [3.05, 3.63) is 29.8 Å². The number of nitrogens with one attached hydrogen (secondary N) is 1. The van der Waals surface area contributed by atoms with Crippen LogP contribution in [0, 0.1) is 11.6 Å². The largest absolute Gasteiger partial charge is 0.480 e. The van der Waals surface area contributed by atoms with E-state index in [1.54, 1.807) is 0 Å². The molecule has 1 rings (SSSR count). The number of benzene rings is 1. The first-order valence-electron chi connectivity index (χ1n) is 4.11. The number of carboxylic acid groups (broad SMARTS) is 1. The number of aliphatic carboxylic acids is 1. The van der Waals surface area contributed by atoms with Gasteiger partial charge in [-0.15, -0.1) is 0 Å². The Labute approximate surface area is 88.6 Å². The lowest BCUT2D eigenvalue weighted by Crippen LogP contribution is -2.31. The number of halogens is 2. The van der Waals surface area contributed by atoms with Crippen molar-refractivity contribution in [2.24, 2.45) is 0 Å². The van der Waals surface area contributed by atoms with Gasteiger partial charge >= 0.3 is 12.1 Å². The summed E-state index contributed by atoms with van der Waals surface area (Å²) in [5.74, 6) is -3.70. The summed E-state index contributed by atoms with van der Waals surface area (Å²) in [5.41, 5.74) is 0. The van der Waals surface area contributed by atoms with Gasteiger partial charge in [-0.3, -0.25) is 4.79 Å². The molecule has 0 heterocycles. The van der Waals surface area contributed by atoms with Crippen LogP contribution in [0.2, 0.25) is 0 Å². The van der Waals surface area contributed by atoms with E-state index >= 15 is 0 Å². The third-order valence-corrected chi connectivity index (χ3v) is 1.49. The zero-order valence-corrected chi connectivity index (χ0v) is 7.87. The fourth-order valence-electron chi connectivity index (χ4n) is 0.831. The summed E-state index contributed by atoms with van der Waals surface area (Å²) in [6, 6.07) is 2.50. The summed E-state index contributed by atoms with van der Waals surface area (Å²) in [4.78, 5) is 21.0. The molecule has 16 heavy (non-hydrogen) atoms. The number of hydrogen-bond donors (Lipinski definition) is 2. The Bertz CT molecular complexity index is 422. The molecule has 0 aliphatic rings. The Hall–Kier alpha value is -2.18. The van der Waals surface area contributed by atoms with Crippen LogP contribution >= 0.6 is 0 Å². The molecule has 1 aromatic rings. The Morgan fingerprint density at radius 3 is 2.56 bits per heavy atom. The average Bonchev–Trinajstić information content (AvgIpc) is 2.21. The molecule has 0 aliphatic heterocycles. The van der Waals surface area contributed by atoms with E-state index in [0.717, 1.165) is 12.1 Å². The smallest absolute Gasteiger partial charge is 0.413 e. The highest BCUT2D eigenvalue weighted by atomic mass is 19.2. The minimum Gasteiger partial charge on any atom is -0.480 e. The van der Waals surface area contributed by atoms with E-state index in [-0.39, 0.29) is 5.75 Å². The van der Waals surface area contributed by atoms with Gasteiger partial charge in [-0.05, 0) is 12.1 Å². The van der Waals surface area contributed by atoms with Crippen LogP contribution in [-0.2, 0) is 4.79 Å². The van der Waals surface area contributed by atoms with E-state index in [0.29, 0.717) is 6.07 Å². The monoisotopic (exact) mass is 231 g/mol. The van der Waals surface area contributed by atoms with Crippen molar-refractivity contribution in [2.45, 2.75) is 0 Å². The third kappa shape index (κ3) is 3.52. The summed E-state index contributed by atoms with van der Waals surface area (Å²) >= 11 is 0. The molecule has 86 valence electrons. The predicted molar refractivity (Wildman–Crippen MR) is 48.0 cm³/mol. The summed E-state index contributed by atoms with van der Waals surface area (Å²) < 4.78 is 29.6. The van der Waals surface area contributed by atoms with Gasteiger partial charge in [0, 0.05) is 6.07 Å². The molecule has 0 saturated carbocycles. The molecule has 5 nitrogen and oxygen atoms in total. The van der Waals surface area contributed by atoms with Crippen LogP contribution in [-0.4, -0.2) is 23.7 Å². The third-order valence-electron chi connectivity index (χ3n) is 1.49. The molecule has 1 aromatic carbocycles. The van der Waals surface area contributed by atoms with Gasteiger partial charge in [0.2, 0.25) is 0 Å². The van der Waals surface area contributed by atoms with Crippen LogP contribution in [0.1, 0.15) is 0 Å². The number of hydrogen-bond acceptors (Lipinski definition) is 3. The van der Waals surface area contributed by atoms with Crippen molar-refractivity contribution in [1.82, 2.24) is 5.32 Å². The molecule has 0 bridgehead atoms. The number of rotatable bonds is 3. The van der Waals surface area contributed by atoms with Gasteiger partial charge in [-0.1, -0.05) is 0 Å². The number of carbonyl (C=O) groups is 2. The van der Waals surface area contributed by atoms with Crippen molar-refractivity contribution in [2.75, 3.05) is 6.54 Å². The number of carboxylic acids is 1. The highest BCUT2D eigenvalue weighted by Crippen LogP contribution is 2.15. The highest BCUT2D eigenvalue weighted by Gasteiger charge is 2.08.